The summed E-state index contributed by atoms with van der Waals surface area (Å²) in [5.74, 6) is -1.13. The van der Waals surface area contributed by atoms with E-state index in [9.17, 15) is 24.0 Å². The van der Waals surface area contributed by atoms with Gasteiger partial charge in [-0.15, -0.1) is 0 Å². The maximum absolute atomic E-state index is 11.8. The van der Waals surface area contributed by atoms with Crippen molar-refractivity contribution >= 4 is 29.5 Å². The highest BCUT2D eigenvalue weighted by Crippen LogP contribution is 2.04. The van der Waals surface area contributed by atoms with Gasteiger partial charge >= 0.3 is 0 Å². The zero-order valence-corrected chi connectivity index (χ0v) is 36.2. The summed E-state index contributed by atoms with van der Waals surface area (Å²) in [5.41, 5.74) is 0. The minimum Gasteiger partial charge on any atom is -0.379 e. The Kier molecular flexibility index (Phi) is 39.8. The van der Waals surface area contributed by atoms with Crippen molar-refractivity contribution in [3.8, 4) is 0 Å². The lowest BCUT2D eigenvalue weighted by atomic mass is 10.3. The molecule has 354 valence electrons. The highest BCUT2D eigenvalue weighted by atomic mass is 16.6. The van der Waals surface area contributed by atoms with Crippen LogP contribution in [-0.4, -0.2) is 219 Å². The Labute approximate surface area is 360 Å². The van der Waals surface area contributed by atoms with Crippen molar-refractivity contribution in [2.75, 3.05) is 185 Å². The number of rotatable bonds is 47. The van der Waals surface area contributed by atoms with Crippen LogP contribution in [0.2, 0.25) is 0 Å². The van der Waals surface area contributed by atoms with Crippen LogP contribution in [0.3, 0.4) is 0 Å². The molecule has 5 amide bonds. The summed E-state index contributed by atoms with van der Waals surface area (Å²) in [6, 6.07) is 0. The molecule has 1 heterocycles. The molecule has 0 radical (unpaired) electrons. The Hall–Kier alpha value is -3.19. The quantitative estimate of drug-likeness (QED) is 0.0493. The van der Waals surface area contributed by atoms with E-state index in [2.05, 4.69) is 16.0 Å². The van der Waals surface area contributed by atoms with Gasteiger partial charge in [0.05, 0.1) is 159 Å². The Morgan fingerprint density at radius 1 is 0.393 bits per heavy atom. The first-order valence-corrected chi connectivity index (χ1v) is 21.2. The van der Waals surface area contributed by atoms with E-state index in [4.69, 9.17) is 56.8 Å². The van der Waals surface area contributed by atoms with Crippen molar-refractivity contribution in [2.24, 2.45) is 0 Å². The summed E-state index contributed by atoms with van der Waals surface area (Å²) in [7, 11) is 0. The minimum atomic E-state index is -0.402. The van der Waals surface area contributed by atoms with Crippen LogP contribution < -0.4 is 16.0 Å². The number of nitrogens with one attached hydrogen (secondary N) is 3. The van der Waals surface area contributed by atoms with Gasteiger partial charge in [-0.25, -0.2) is 0 Å². The topological polar surface area (TPSA) is 235 Å². The Morgan fingerprint density at radius 2 is 0.672 bits per heavy atom. The van der Waals surface area contributed by atoms with Crippen LogP contribution in [-0.2, 0) is 80.8 Å². The molecule has 3 N–H and O–H groups in total. The van der Waals surface area contributed by atoms with E-state index in [0.717, 1.165) is 4.90 Å². The lowest BCUT2D eigenvalue weighted by molar-refractivity contribution is -0.137. The van der Waals surface area contributed by atoms with Gasteiger partial charge in [-0.3, -0.25) is 28.9 Å². The van der Waals surface area contributed by atoms with Crippen molar-refractivity contribution in [3.05, 3.63) is 12.2 Å². The first-order chi connectivity index (χ1) is 29.9. The standard InChI is InChI=1S/C40H72N4O17/c1-2-36(45)41-8-3-9-42-38(47)7-12-50-14-16-52-18-20-54-22-24-56-26-28-58-30-32-60-34-35-61-33-31-59-29-27-57-25-23-55-21-19-53-17-15-51-13-10-43-37(46)6-11-44-39(48)4-5-40(44)49/h4-5H,2-3,6-35H2,1H3,(H,41,45)(H,42,47)(H,43,46). The van der Waals surface area contributed by atoms with Gasteiger partial charge in [0.1, 0.15) is 0 Å². The predicted octanol–water partition coefficient (Wildman–Crippen LogP) is -0.960. The van der Waals surface area contributed by atoms with E-state index in [1.807, 2.05) is 0 Å². The van der Waals surface area contributed by atoms with Crippen molar-refractivity contribution in [3.63, 3.8) is 0 Å². The van der Waals surface area contributed by atoms with Gasteiger partial charge in [-0.05, 0) is 6.42 Å². The van der Waals surface area contributed by atoms with Crippen LogP contribution in [0.5, 0.6) is 0 Å². The largest absolute Gasteiger partial charge is 0.379 e. The number of carbonyl (C=O) groups excluding carboxylic acids is 5. The zero-order valence-electron chi connectivity index (χ0n) is 36.2. The van der Waals surface area contributed by atoms with E-state index >= 15 is 0 Å². The molecular weight excluding hydrogens is 808 g/mol. The van der Waals surface area contributed by atoms with Crippen LogP contribution in [0, 0.1) is 0 Å². The van der Waals surface area contributed by atoms with Crippen LogP contribution in [0.1, 0.15) is 32.6 Å². The van der Waals surface area contributed by atoms with Gasteiger partial charge in [-0.2, -0.15) is 0 Å². The fourth-order valence-electron chi connectivity index (χ4n) is 4.66. The minimum absolute atomic E-state index is 0.00771. The molecule has 21 heteroatoms. The SMILES string of the molecule is CCC(=O)NCCCNC(=O)CCOCCOCCOCCOCCOCCOCCOCCOCCOCCOCCOCCOCCNC(=O)CCN1C(=O)C=CC1=O. The second kappa shape index (κ2) is 43.5. The van der Waals surface area contributed by atoms with Gasteiger partial charge in [0.15, 0.2) is 0 Å². The summed E-state index contributed by atoms with van der Waals surface area (Å²) < 4.78 is 65.5. The second-order valence-corrected chi connectivity index (χ2v) is 12.8. The molecule has 0 aromatic rings. The zero-order chi connectivity index (χ0) is 44.1. The molecular formula is C40H72N4O17. The molecule has 0 aliphatic carbocycles. The molecule has 1 aliphatic rings. The lowest BCUT2D eigenvalue weighted by Crippen LogP contribution is -2.35. The number of ether oxygens (including phenoxy) is 12. The Morgan fingerprint density at radius 3 is 1.02 bits per heavy atom. The molecule has 0 saturated carbocycles. The maximum atomic E-state index is 11.8. The fourth-order valence-corrected chi connectivity index (χ4v) is 4.66. The molecule has 0 spiro atoms. The first kappa shape index (κ1) is 55.8. The van der Waals surface area contributed by atoms with Crippen molar-refractivity contribution in [1.82, 2.24) is 20.9 Å². The monoisotopic (exact) mass is 880 g/mol. The van der Waals surface area contributed by atoms with Crippen LogP contribution >= 0.6 is 0 Å². The van der Waals surface area contributed by atoms with E-state index in [-0.39, 0.29) is 37.1 Å². The Balaban J connectivity index is 1.64. The van der Waals surface area contributed by atoms with Crippen molar-refractivity contribution in [1.29, 1.82) is 0 Å². The van der Waals surface area contributed by atoms with E-state index in [1.54, 1.807) is 6.92 Å². The van der Waals surface area contributed by atoms with Gasteiger partial charge in [0, 0.05) is 57.6 Å². The van der Waals surface area contributed by atoms with E-state index in [1.165, 1.54) is 12.2 Å². The van der Waals surface area contributed by atoms with Crippen LogP contribution in [0.4, 0.5) is 0 Å². The predicted molar refractivity (Wildman–Crippen MR) is 219 cm³/mol. The highest BCUT2D eigenvalue weighted by Gasteiger charge is 2.23. The number of hydrogen-bond donors (Lipinski definition) is 3. The summed E-state index contributed by atoms with van der Waals surface area (Å²) in [5, 5.41) is 8.23. The van der Waals surface area contributed by atoms with Crippen molar-refractivity contribution < 1.29 is 80.8 Å². The average Bonchev–Trinajstić information content (AvgIpc) is 3.58. The first-order valence-electron chi connectivity index (χ1n) is 21.2. The molecule has 21 nitrogen and oxygen atoms in total. The van der Waals surface area contributed by atoms with E-state index in [0.29, 0.717) is 191 Å². The highest BCUT2D eigenvalue weighted by molar-refractivity contribution is 6.13. The molecule has 1 rings (SSSR count). The second-order valence-electron chi connectivity index (χ2n) is 12.8. The Bertz CT molecular complexity index is 1120. The van der Waals surface area contributed by atoms with Gasteiger partial charge < -0.3 is 72.8 Å². The summed E-state index contributed by atoms with van der Waals surface area (Å²) in [4.78, 5) is 58.6. The molecule has 0 aromatic carbocycles. The number of imide groups is 1. The van der Waals surface area contributed by atoms with Gasteiger partial charge in [0.25, 0.3) is 11.8 Å². The van der Waals surface area contributed by atoms with Gasteiger partial charge in [0.2, 0.25) is 17.7 Å². The molecule has 0 saturated heterocycles. The molecule has 61 heavy (non-hydrogen) atoms. The number of hydrogen-bond acceptors (Lipinski definition) is 17. The van der Waals surface area contributed by atoms with Crippen molar-refractivity contribution in [2.45, 2.75) is 32.6 Å². The molecule has 1 aliphatic heterocycles. The normalized spacial score (nSPS) is 12.4. The lowest BCUT2D eigenvalue weighted by Gasteiger charge is -2.13. The summed E-state index contributed by atoms with van der Waals surface area (Å²) in [6.45, 7) is 13.7. The molecule has 0 atom stereocenters. The fraction of sp³-hybridized carbons (Fsp3) is 0.825. The number of nitrogens with zero attached hydrogens (tertiary/aromatic N) is 1. The van der Waals surface area contributed by atoms with Crippen LogP contribution in [0.25, 0.3) is 0 Å². The van der Waals surface area contributed by atoms with Gasteiger partial charge in [-0.1, -0.05) is 6.92 Å². The number of carbonyl (C=O) groups is 5. The third kappa shape index (κ3) is 38.2. The average molecular weight is 881 g/mol. The maximum Gasteiger partial charge on any atom is 0.253 e. The third-order valence-corrected chi connectivity index (χ3v) is 7.92. The molecule has 0 aromatic heterocycles. The molecule has 0 fully saturated rings. The smallest absolute Gasteiger partial charge is 0.253 e. The molecule has 0 bridgehead atoms. The van der Waals surface area contributed by atoms with E-state index < -0.39 is 11.8 Å². The number of amides is 5. The molecule has 0 unspecified atom stereocenters. The summed E-state index contributed by atoms with van der Waals surface area (Å²) in [6.07, 6.45) is 3.86. The third-order valence-electron chi connectivity index (χ3n) is 7.92. The van der Waals surface area contributed by atoms with Crippen LogP contribution in [0.15, 0.2) is 12.2 Å². The summed E-state index contributed by atoms with van der Waals surface area (Å²) >= 11 is 0.